The molecule has 6 nitrogen and oxygen atoms in total. The zero-order chi connectivity index (χ0) is 22.0. The largest absolute Gasteiger partial charge is 0.493 e. The van der Waals surface area contributed by atoms with Gasteiger partial charge in [-0.2, -0.15) is 0 Å². The second kappa shape index (κ2) is 9.42. The molecule has 0 aliphatic heterocycles. The summed E-state index contributed by atoms with van der Waals surface area (Å²) in [5.41, 5.74) is 0.807. The van der Waals surface area contributed by atoms with Gasteiger partial charge in [0, 0.05) is 17.0 Å². The van der Waals surface area contributed by atoms with Crippen molar-refractivity contribution in [3.8, 4) is 17.1 Å². The van der Waals surface area contributed by atoms with Crippen LogP contribution < -0.4 is 10.2 Å². The van der Waals surface area contributed by atoms with Gasteiger partial charge in [-0.1, -0.05) is 33.6 Å². The fourth-order valence-electron chi connectivity index (χ4n) is 3.49. The molecule has 1 aliphatic rings. The number of aliphatic carboxylic acids is 1. The average molecular weight is 508 g/mol. The van der Waals surface area contributed by atoms with E-state index in [9.17, 15) is 9.59 Å². The summed E-state index contributed by atoms with van der Waals surface area (Å²) in [5, 5.41) is 9.70. The van der Waals surface area contributed by atoms with E-state index in [0.29, 0.717) is 65.5 Å². The molecule has 1 N–H and O–H groups in total. The maximum Gasteiger partial charge on any atom is 0.306 e. The van der Waals surface area contributed by atoms with Crippen LogP contribution in [0.2, 0.25) is 5.02 Å². The Hall–Kier alpha value is -2.35. The van der Waals surface area contributed by atoms with Crippen LogP contribution in [0.25, 0.3) is 22.3 Å². The molecule has 162 valence electrons. The number of para-hydroxylation sites is 1. The third-order valence-corrected chi connectivity index (χ3v) is 6.05. The Morgan fingerprint density at radius 3 is 2.77 bits per heavy atom. The van der Waals surface area contributed by atoms with Crippen LogP contribution in [0.4, 0.5) is 0 Å². The van der Waals surface area contributed by atoms with Crippen molar-refractivity contribution >= 4 is 44.5 Å². The highest BCUT2D eigenvalue weighted by atomic mass is 79.9. The van der Waals surface area contributed by atoms with E-state index in [-0.39, 0.29) is 17.5 Å². The van der Waals surface area contributed by atoms with E-state index >= 15 is 0 Å². The minimum atomic E-state index is -0.757. The van der Waals surface area contributed by atoms with E-state index in [1.165, 1.54) is 6.07 Å². The Morgan fingerprint density at radius 1 is 1.19 bits per heavy atom. The number of rotatable bonds is 8. The number of benzene rings is 2. The predicted molar refractivity (Wildman–Crippen MR) is 121 cm³/mol. The number of hydrogen-bond acceptors (Lipinski definition) is 5. The van der Waals surface area contributed by atoms with Crippen molar-refractivity contribution in [1.29, 1.82) is 0 Å². The minimum Gasteiger partial charge on any atom is -0.493 e. The van der Waals surface area contributed by atoms with E-state index in [4.69, 9.17) is 30.6 Å². The lowest BCUT2D eigenvalue weighted by Gasteiger charge is -2.32. The lowest BCUT2D eigenvalue weighted by molar-refractivity contribution is -0.151. The molecular formula is C23H20BrClO6. The Morgan fingerprint density at radius 2 is 2.00 bits per heavy atom. The van der Waals surface area contributed by atoms with Gasteiger partial charge < -0.3 is 19.0 Å². The molecule has 1 fully saturated rings. The summed E-state index contributed by atoms with van der Waals surface area (Å²) in [6, 6.07) is 12.0. The van der Waals surface area contributed by atoms with Crippen LogP contribution in [0.3, 0.4) is 0 Å². The predicted octanol–water partition coefficient (Wildman–Crippen LogP) is 5.52. The molecule has 1 saturated carbocycles. The molecule has 1 aliphatic carbocycles. The highest BCUT2D eigenvalue weighted by molar-refractivity contribution is 9.10. The van der Waals surface area contributed by atoms with Crippen LogP contribution in [0.1, 0.15) is 19.3 Å². The molecule has 3 aromatic rings. The van der Waals surface area contributed by atoms with E-state index in [1.807, 2.05) is 18.2 Å². The van der Waals surface area contributed by atoms with Gasteiger partial charge in [0.1, 0.15) is 11.5 Å². The number of ether oxygens (including phenoxy) is 2. The van der Waals surface area contributed by atoms with Crippen LogP contribution in [0, 0.1) is 5.92 Å². The third kappa shape index (κ3) is 4.95. The number of carbonyl (C=O) groups is 1. The second-order valence-electron chi connectivity index (χ2n) is 7.43. The molecule has 8 heteroatoms. The zero-order valence-corrected chi connectivity index (χ0v) is 18.8. The van der Waals surface area contributed by atoms with E-state index in [0.717, 1.165) is 4.47 Å². The van der Waals surface area contributed by atoms with Crippen molar-refractivity contribution in [3.05, 3.63) is 62.2 Å². The maximum atomic E-state index is 12.5. The van der Waals surface area contributed by atoms with Gasteiger partial charge in [0.15, 0.2) is 11.0 Å². The lowest BCUT2D eigenvalue weighted by Crippen LogP contribution is -2.36. The molecule has 0 saturated heterocycles. The van der Waals surface area contributed by atoms with Gasteiger partial charge in [-0.15, -0.1) is 0 Å². The summed E-state index contributed by atoms with van der Waals surface area (Å²) in [4.78, 5) is 23.4. The smallest absolute Gasteiger partial charge is 0.306 e. The zero-order valence-electron chi connectivity index (χ0n) is 16.5. The van der Waals surface area contributed by atoms with Gasteiger partial charge in [-0.05, 0) is 43.2 Å². The van der Waals surface area contributed by atoms with E-state index in [1.54, 1.807) is 18.2 Å². The number of carboxylic acids is 1. The molecule has 0 radical (unpaired) electrons. The Kier molecular flexibility index (Phi) is 6.65. The Balaban J connectivity index is 1.44. The second-order valence-corrected chi connectivity index (χ2v) is 8.76. The van der Waals surface area contributed by atoms with Crippen molar-refractivity contribution in [2.75, 3.05) is 13.2 Å². The molecule has 0 amide bonds. The molecule has 0 bridgehead atoms. The van der Waals surface area contributed by atoms with Gasteiger partial charge in [0.2, 0.25) is 0 Å². The molecule has 1 heterocycles. The fraction of sp³-hybridized carbons (Fsp3) is 0.304. The lowest BCUT2D eigenvalue weighted by atomic mass is 9.82. The van der Waals surface area contributed by atoms with Crippen LogP contribution in [-0.2, 0) is 9.53 Å². The van der Waals surface area contributed by atoms with Crippen LogP contribution in [0.15, 0.2) is 56.1 Å². The van der Waals surface area contributed by atoms with Gasteiger partial charge in [0.25, 0.3) is 0 Å². The first-order valence-electron chi connectivity index (χ1n) is 9.92. The van der Waals surface area contributed by atoms with Gasteiger partial charge in [-0.3, -0.25) is 9.59 Å². The molecular weight excluding hydrogens is 488 g/mol. The van der Waals surface area contributed by atoms with E-state index in [2.05, 4.69) is 15.9 Å². The number of carboxylic acid groups (broad SMARTS) is 1. The van der Waals surface area contributed by atoms with Crippen LogP contribution in [0.5, 0.6) is 5.75 Å². The topological polar surface area (TPSA) is 86.0 Å². The normalized spacial score (nSPS) is 18.0. The number of hydrogen-bond donors (Lipinski definition) is 1. The highest BCUT2D eigenvalue weighted by Crippen LogP contribution is 2.35. The van der Waals surface area contributed by atoms with Crippen LogP contribution in [-0.4, -0.2) is 30.4 Å². The summed E-state index contributed by atoms with van der Waals surface area (Å²) in [6.45, 7) is 0.887. The SMILES string of the molecule is O=c1cc(-c2ccc(Br)cc2OCCCO[C@H]2C[C@H](C(=O)O)C2)oc2c(Cl)cccc12. The number of fused-ring (bicyclic) bond motifs is 1. The molecule has 2 aromatic carbocycles. The minimum absolute atomic E-state index is 0.0131. The molecule has 0 atom stereocenters. The first kappa shape index (κ1) is 21.9. The monoisotopic (exact) mass is 506 g/mol. The molecule has 31 heavy (non-hydrogen) atoms. The van der Waals surface area contributed by atoms with Crippen molar-refractivity contribution < 1.29 is 23.8 Å². The highest BCUT2D eigenvalue weighted by Gasteiger charge is 2.34. The Bertz CT molecular complexity index is 1170. The third-order valence-electron chi connectivity index (χ3n) is 5.26. The first-order valence-corrected chi connectivity index (χ1v) is 11.1. The van der Waals surface area contributed by atoms with Gasteiger partial charge >= 0.3 is 5.97 Å². The van der Waals surface area contributed by atoms with Crippen molar-refractivity contribution in [1.82, 2.24) is 0 Å². The van der Waals surface area contributed by atoms with Crippen molar-refractivity contribution in [2.24, 2.45) is 5.92 Å². The fourth-order valence-corrected chi connectivity index (χ4v) is 4.04. The standard InChI is InChI=1S/C23H20BrClO6/c24-14-5-6-17(21-12-19(26)16-3-1-4-18(25)22(16)31-21)20(11-14)30-8-2-7-29-15-9-13(10-15)23(27)28/h1,3-6,11-13,15H,2,7-10H2,(H,27,28)/t13-,15-. The summed E-state index contributed by atoms with van der Waals surface area (Å²) in [7, 11) is 0. The molecule has 0 unspecified atom stereocenters. The van der Waals surface area contributed by atoms with Gasteiger partial charge in [-0.25, -0.2) is 0 Å². The van der Waals surface area contributed by atoms with Gasteiger partial charge in [0.05, 0.1) is 41.2 Å². The average Bonchev–Trinajstić information content (AvgIpc) is 2.69. The maximum absolute atomic E-state index is 12.5. The quantitative estimate of drug-likeness (QED) is 0.404. The molecule has 4 rings (SSSR count). The van der Waals surface area contributed by atoms with Crippen molar-refractivity contribution in [3.63, 3.8) is 0 Å². The van der Waals surface area contributed by atoms with E-state index < -0.39 is 5.97 Å². The van der Waals surface area contributed by atoms with Crippen molar-refractivity contribution in [2.45, 2.75) is 25.4 Å². The first-order chi connectivity index (χ1) is 14.9. The summed E-state index contributed by atoms with van der Waals surface area (Å²) >= 11 is 9.67. The number of halogens is 2. The molecule has 0 spiro atoms. The van der Waals surface area contributed by atoms with Crippen LogP contribution >= 0.6 is 27.5 Å². The summed E-state index contributed by atoms with van der Waals surface area (Å²) < 4.78 is 18.4. The Labute approximate surface area is 191 Å². The summed E-state index contributed by atoms with van der Waals surface area (Å²) in [5.74, 6) is -0.0976. The molecule has 1 aromatic heterocycles. The summed E-state index contributed by atoms with van der Waals surface area (Å²) in [6.07, 6.45) is 1.79.